The molecule has 0 saturated carbocycles. The highest BCUT2D eigenvalue weighted by atomic mass is 31.2. The van der Waals surface area contributed by atoms with Crippen molar-refractivity contribution in [2.45, 2.75) is 375 Å². The zero-order chi connectivity index (χ0) is 66.6. The van der Waals surface area contributed by atoms with Crippen molar-refractivity contribution < 1.29 is 80.2 Å². The Bertz CT molecular complexity index is 1770. The molecule has 0 spiro atoms. The van der Waals surface area contributed by atoms with E-state index in [2.05, 4.69) is 48.5 Å². The van der Waals surface area contributed by atoms with Crippen LogP contribution in [-0.4, -0.2) is 96.7 Å². The molecule has 0 aromatic heterocycles. The Hall–Kier alpha value is -1.94. The minimum absolute atomic E-state index is 0.102. The van der Waals surface area contributed by atoms with Gasteiger partial charge in [-0.3, -0.25) is 37.3 Å². The molecule has 534 valence electrons. The van der Waals surface area contributed by atoms with E-state index in [1.807, 2.05) is 0 Å². The highest BCUT2D eigenvalue weighted by molar-refractivity contribution is 7.47. The molecule has 0 aliphatic rings. The van der Waals surface area contributed by atoms with Gasteiger partial charge in [0.05, 0.1) is 26.4 Å². The maximum Gasteiger partial charge on any atom is 0.472 e. The first-order chi connectivity index (χ1) is 43.3. The van der Waals surface area contributed by atoms with Crippen LogP contribution in [0.2, 0.25) is 0 Å². The fourth-order valence-electron chi connectivity index (χ4n) is 10.7. The third-order valence-electron chi connectivity index (χ3n) is 17.1. The van der Waals surface area contributed by atoms with Gasteiger partial charge in [-0.1, -0.05) is 305 Å². The first kappa shape index (κ1) is 88.1. The molecule has 3 N–H and O–H groups in total. The maximum atomic E-state index is 13.0. The fourth-order valence-corrected chi connectivity index (χ4v) is 12.2. The Kier molecular flexibility index (Phi) is 60.6. The van der Waals surface area contributed by atoms with E-state index in [9.17, 15) is 43.2 Å². The van der Waals surface area contributed by atoms with Crippen LogP contribution in [0.5, 0.6) is 0 Å². The van der Waals surface area contributed by atoms with Crippen molar-refractivity contribution in [2.24, 2.45) is 17.8 Å². The third-order valence-corrected chi connectivity index (χ3v) is 19.0. The number of phosphoric ester groups is 2. The first-order valence-corrected chi connectivity index (χ1v) is 39.9. The summed E-state index contributed by atoms with van der Waals surface area (Å²) in [5, 5.41) is 10.6. The van der Waals surface area contributed by atoms with Gasteiger partial charge in [0, 0.05) is 25.7 Å². The van der Waals surface area contributed by atoms with Crippen LogP contribution < -0.4 is 0 Å². The van der Waals surface area contributed by atoms with Crippen molar-refractivity contribution in [3.8, 4) is 0 Å². The van der Waals surface area contributed by atoms with Crippen molar-refractivity contribution >= 4 is 39.5 Å². The van der Waals surface area contributed by atoms with E-state index in [1.165, 1.54) is 154 Å². The number of rotatable bonds is 69. The number of unbranched alkanes of at least 4 members (excludes halogenated alkanes) is 35. The number of carbonyl (C=O) groups excluding carboxylic acids is 4. The summed E-state index contributed by atoms with van der Waals surface area (Å²) in [5.41, 5.74) is 0. The number of aliphatic hydroxyl groups excluding tert-OH is 1. The van der Waals surface area contributed by atoms with Gasteiger partial charge in [0.1, 0.15) is 19.3 Å². The van der Waals surface area contributed by atoms with Crippen LogP contribution in [0.1, 0.15) is 357 Å². The molecule has 0 aromatic rings. The van der Waals surface area contributed by atoms with Crippen molar-refractivity contribution in [2.75, 3.05) is 39.6 Å². The molecule has 0 radical (unpaired) electrons. The topological polar surface area (TPSA) is 237 Å². The van der Waals surface area contributed by atoms with Gasteiger partial charge in [-0.25, -0.2) is 9.13 Å². The van der Waals surface area contributed by atoms with Gasteiger partial charge in [0.15, 0.2) is 12.2 Å². The largest absolute Gasteiger partial charge is 0.472 e. The second kappa shape index (κ2) is 61.9. The summed E-state index contributed by atoms with van der Waals surface area (Å²) in [6.45, 7) is 11.7. The van der Waals surface area contributed by atoms with Crippen LogP contribution in [-0.2, 0) is 65.4 Å². The van der Waals surface area contributed by atoms with E-state index in [1.54, 1.807) is 0 Å². The zero-order valence-corrected chi connectivity index (χ0v) is 60.4. The van der Waals surface area contributed by atoms with Crippen LogP contribution in [0.15, 0.2) is 0 Å². The average molecular weight is 1330 g/mol. The molecule has 7 atom stereocenters. The molecule has 0 rings (SSSR count). The molecule has 0 aliphatic carbocycles. The maximum absolute atomic E-state index is 13.0. The normalized spacial score (nSPS) is 14.8. The standard InChI is InChI=1S/C71H138O17P2/c1-8-11-12-13-14-15-16-17-18-19-20-21-22-23-24-25-26-29-40-47-54-70(75)87-66(58-81-68(73)52-45-38-30-27-28-35-42-49-62(4)5)60-85-89(77,78)83-56-65(72)57-84-90(79,80)86-61-67(88-71(76)55-48-41-34-32-37-44-51-64(7)10-3)59-82-69(74)53-46-39-33-31-36-43-50-63(6)9-2/h62-67,72H,8-61H2,1-7H3,(H,77,78)(H,79,80)/t63?,64?,65-,66-,67-/m1/s1. The lowest BCUT2D eigenvalue weighted by Gasteiger charge is -2.21. The second-order valence-electron chi connectivity index (χ2n) is 26.6. The number of esters is 4. The number of phosphoric acid groups is 2. The molecular weight excluding hydrogens is 1190 g/mol. The number of hydrogen-bond donors (Lipinski definition) is 3. The zero-order valence-electron chi connectivity index (χ0n) is 58.6. The van der Waals surface area contributed by atoms with Gasteiger partial charge in [-0.15, -0.1) is 0 Å². The number of ether oxygens (including phenoxy) is 4. The van der Waals surface area contributed by atoms with E-state index >= 15 is 0 Å². The monoisotopic (exact) mass is 1320 g/mol. The van der Waals surface area contributed by atoms with Crippen molar-refractivity contribution in [3.05, 3.63) is 0 Å². The van der Waals surface area contributed by atoms with E-state index in [4.69, 9.17) is 37.0 Å². The summed E-state index contributed by atoms with van der Waals surface area (Å²) < 4.78 is 68.2. The van der Waals surface area contributed by atoms with Gasteiger partial charge in [0.25, 0.3) is 0 Å². The van der Waals surface area contributed by atoms with Crippen LogP contribution in [0, 0.1) is 17.8 Å². The van der Waals surface area contributed by atoms with E-state index in [-0.39, 0.29) is 25.7 Å². The lowest BCUT2D eigenvalue weighted by atomic mass is 10.00. The molecule has 19 heteroatoms. The molecule has 0 aliphatic heterocycles. The van der Waals surface area contributed by atoms with E-state index < -0.39 is 97.5 Å². The lowest BCUT2D eigenvalue weighted by Crippen LogP contribution is -2.30. The molecule has 4 unspecified atom stereocenters. The van der Waals surface area contributed by atoms with Gasteiger partial charge in [0.2, 0.25) is 0 Å². The number of carbonyl (C=O) groups is 4. The van der Waals surface area contributed by atoms with Crippen LogP contribution >= 0.6 is 15.6 Å². The highest BCUT2D eigenvalue weighted by Gasteiger charge is 2.30. The predicted octanol–water partition coefficient (Wildman–Crippen LogP) is 20.2. The van der Waals surface area contributed by atoms with Gasteiger partial charge in [-0.05, 0) is 43.4 Å². The summed E-state index contributed by atoms with van der Waals surface area (Å²) in [4.78, 5) is 72.5. The van der Waals surface area contributed by atoms with Crippen molar-refractivity contribution in [3.63, 3.8) is 0 Å². The Morgan fingerprint density at radius 2 is 0.567 bits per heavy atom. The summed E-state index contributed by atoms with van der Waals surface area (Å²) in [5.74, 6) is 0.0241. The van der Waals surface area contributed by atoms with E-state index in [0.29, 0.717) is 31.6 Å². The molecule has 0 heterocycles. The summed E-state index contributed by atoms with van der Waals surface area (Å²) >= 11 is 0. The smallest absolute Gasteiger partial charge is 0.462 e. The second-order valence-corrected chi connectivity index (χ2v) is 29.5. The lowest BCUT2D eigenvalue weighted by molar-refractivity contribution is -0.161. The van der Waals surface area contributed by atoms with Crippen molar-refractivity contribution in [1.29, 1.82) is 0 Å². The minimum Gasteiger partial charge on any atom is -0.462 e. The Balaban J connectivity index is 5.18. The van der Waals surface area contributed by atoms with Crippen LogP contribution in [0.25, 0.3) is 0 Å². The minimum atomic E-state index is -4.95. The average Bonchev–Trinajstić information content (AvgIpc) is 3.00. The molecule has 0 saturated heterocycles. The van der Waals surface area contributed by atoms with Crippen LogP contribution in [0.3, 0.4) is 0 Å². The molecule has 0 bridgehead atoms. The molecule has 17 nitrogen and oxygen atoms in total. The van der Waals surface area contributed by atoms with E-state index in [0.717, 1.165) is 115 Å². The number of hydrogen-bond acceptors (Lipinski definition) is 15. The number of aliphatic hydroxyl groups is 1. The summed E-state index contributed by atoms with van der Waals surface area (Å²) in [7, 11) is -9.90. The predicted molar refractivity (Wildman–Crippen MR) is 363 cm³/mol. The van der Waals surface area contributed by atoms with Gasteiger partial charge >= 0.3 is 39.5 Å². The summed E-state index contributed by atoms with van der Waals surface area (Å²) in [6, 6.07) is 0. The quantitative estimate of drug-likeness (QED) is 0.0222. The Morgan fingerprint density at radius 3 is 0.844 bits per heavy atom. The van der Waals surface area contributed by atoms with Gasteiger partial charge in [-0.2, -0.15) is 0 Å². The van der Waals surface area contributed by atoms with Crippen LogP contribution in [0.4, 0.5) is 0 Å². The van der Waals surface area contributed by atoms with Crippen molar-refractivity contribution in [1.82, 2.24) is 0 Å². The Labute approximate surface area is 549 Å². The first-order valence-electron chi connectivity index (χ1n) is 36.9. The third kappa shape index (κ3) is 62.2. The fraction of sp³-hybridized carbons (Fsp3) is 0.944. The molecule has 0 amide bonds. The Morgan fingerprint density at radius 1 is 0.322 bits per heavy atom. The highest BCUT2D eigenvalue weighted by Crippen LogP contribution is 2.45. The molecule has 90 heavy (non-hydrogen) atoms. The SMILES string of the molecule is CCCCCCCCCCCCCCCCCCCCCCC(=O)O[C@H](COC(=O)CCCCCCCCCC(C)C)COP(=O)(O)OC[C@@H](O)COP(=O)(O)OC[C@@H](COC(=O)CCCCCCCCC(C)CC)OC(=O)CCCCCCCCC(C)CC. The molecular formula is C71H138O17P2. The molecule has 0 aromatic carbocycles. The molecule has 0 fully saturated rings. The van der Waals surface area contributed by atoms with Gasteiger partial charge < -0.3 is 33.8 Å². The summed E-state index contributed by atoms with van der Waals surface area (Å²) in [6.07, 6.45) is 46.2.